The van der Waals surface area contributed by atoms with E-state index in [2.05, 4.69) is 39.2 Å². The van der Waals surface area contributed by atoms with Crippen molar-refractivity contribution in [3.63, 3.8) is 0 Å². The van der Waals surface area contributed by atoms with E-state index in [1.54, 1.807) is 0 Å². The van der Waals surface area contributed by atoms with Crippen LogP contribution in [0.2, 0.25) is 0 Å². The Labute approximate surface area is 172 Å². The first-order valence-corrected chi connectivity index (χ1v) is 10.3. The number of carbonyl (C=O) groups is 1. The molecule has 0 spiro atoms. The van der Waals surface area contributed by atoms with E-state index in [1.165, 1.54) is 0 Å². The van der Waals surface area contributed by atoms with Crippen LogP contribution in [0.3, 0.4) is 0 Å². The summed E-state index contributed by atoms with van der Waals surface area (Å²) >= 11 is 0. The number of rotatable bonds is 7. The minimum Gasteiger partial charge on any atom is -0.492 e. The van der Waals surface area contributed by atoms with Gasteiger partial charge in [0, 0.05) is 39.3 Å². The molecule has 0 unspecified atom stereocenters. The molecule has 1 saturated heterocycles. The molecular formula is C21H30N6O2. The van der Waals surface area contributed by atoms with Gasteiger partial charge in [-0.05, 0) is 45.0 Å². The van der Waals surface area contributed by atoms with Crippen LogP contribution in [0.15, 0.2) is 36.4 Å². The third-order valence-corrected chi connectivity index (χ3v) is 5.04. The predicted molar refractivity (Wildman–Crippen MR) is 116 cm³/mol. The van der Waals surface area contributed by atoms with Crippen LogP contribution in [0.5, 0.6) is 5.75 Å². The zero-order chi connectivity index (χ0) is 20.6. The molecule has 0 radical (unpaired) electrons. The molecule has 3 rings (SSSR count). The van der Waals surface area contributed by atoms with Crippen molar-refractivity contribution in [1.29, 1.82) is 0 Å². The zero-order valence-electron chi connectivity index (χ0n) is 17.5. The van der Waals surface area contributed by atoms with Gasteiger partial charge in [0.2, 0.25) is 0 Å². The van der Waals surface area contributed by atoms with Gasteiger partial charge < -0.3 is 24.8 Å². The summed E-state index contributed by atoms with van der Waals surface area (Å²) in [4.78, 5) is 18.8. The summed E-state index contributed by atoms with van der Waals surface area (Å²) < 4.78 is 5.58. The molecule has 156 valence electrons. The molecule has 0 bridgehead atoms. The number of carbonyl (C=O) groups excluding carboxylic acids is 1. The molecule has 8 nitrogen and oxygen atoms in total. The average molecular weight is 399 g/mol. The fourth-order valence-electron chi connectivity index (χ4n) is 3.39. The first-order chi connectivity index (χ1) is 14.2. The number of urea groups is 1. The fourth-order valence-corrected chi connectivity index (χ4v) is 3.39. The van der Waals surface area contributed by atoms with Crippen molar-refractivity contribution in [3.8, 4) is 5.75 Å². The number of amides is 2. The maximum Gasteiger partial charge on any atom is 0.322 e. The largest absolute Gasteiger partial charge is 0.492 e. The summed E-state index contributed by atoms with van der Waals surface area (Å²) in [7, 11) is 0. The topological polar surface area (TPSA) is 73.8 Å². The van der Waals surface area contributed by atoms with Crippen LogP contribution < -0.4 is 19.9 Å². The van der Waals surface area contributed by atoms with E-state index < -0.39 is 0 Å². The highest BCUT2D eigenvalue weighted by atomic mass is 16.5. The van der Waals surface area contributed by atoms with Gasteiger partial charge >= 0.3 is 6.03 Å². The molecule has 0 atom stereocenters. The monoisotopic (exact) mass is 398 g/mol. The van der Waals surface area contributed by atoms with Crippen molar-refractivity contribution < 1.29 is 9.53 Å². The van der Waals surface area contributed by atoms with Gasteiger partial charge in [0.15, 0.2) is 11.6 Å². The molecule has 29 heavy (non-hydrogen) atoms. The summed E-state index contributed by atoms with van der Waals surface area (Å²) in [5, 5.41) is 11.7. The van der Waals surface area contributed by atoms with Crippen molar-refractivity contribution in [1.82, 2.24) is 15.1 Å². The number of piperazine rings is 1. The number of hydrogen-bond acceptors (Lipinski definition) is 6. The van der Waals surface area contributed by atoms with E-state index in [0.29, 0.717) is 31.1 Å². The number of ether oxygens (including phenoxy) is 1. The van der Waals surface area contributed by atoms with Gasteiger partial charge in [-0.3, -0.25) is 0 Å². The number of nitrogens with one attached hydrogen (secondary N) is 1. The number of nitrogens with zero attached hydrogens (tertiary/aromatic N) is 5. The normalized spacial score (nSPS) is 13.9. The van der Waals surface area contributed by atoms with Crippen LogP contribution in [-0.4, -0.2) is 67.0 Å². The molecule has 0 saturated carbocycles. The Morgan fingerprint density at radius 3 is 2.38 bits per heavy atom. The van der Waals surface area contributed by atoms with Crippen LogP contribution in [0.25, 0.3) is 0 Å². The SMILES string of the molecule is CCOc1ccccc1NC(=O)N1CCN(c2ccc(N(CC)CC)nn2)CC1. The molecule has 2 heterocycles. The van der Waals surface area contributed by atoms with Crippen molar-refractivity contribution in [2.24, 2.45) is 0 Å². The zero-order valence-corrected chi connectivity index (χ0v) is 17.5. The van der Waals surface area contributed by atoms with E-state index in [9.17, 15) is 4.79 Å². The van der Waals surface area contributed by atoms with Crippen LogP contribution in [0.4, 0.5) is 22.1 Å². The number of benzene rings is 1. The van der Waals surface area contributed by atoms with E-state index in [1.807, 2.05) is 48.2 Å². The molecule has 1 aliphatic rings. The molecule has 1 fully saturated rings. The van der Waals surface area contributed by atoms with Gasteiger partial charge in [-0.2, -0.15) is 0 Å². The minimum absolute atomic E-state index is 0.111. The Hall–Kier alpha value is -3.03. The van der Waals surface area contributed by atoms with E-state index in [0.717, 1.165) is 37.8 Å². The average Bonchev–Trinajstić information content (AvgIpc) is 2.77. The van der Waals surface area contributed by atoms with Crippen LogP contribution in [0.1, 0.15) is 20.8 Å². The maximum absolute atomic E-state index is 12.7. The lowest BCUT2D eigenvalue weighted by Crippen LogP contribution is -2.50. The Balaban J connectivity index is 1.56. The summed E-state index contributed by atoms with van der Waals surface area (Å²) in [6.07, 6.45) is 0. The van der Waals surface area contributed by atoms with Crippen LogP contribution in [0, 0.1) is 0 Å². The number of hydrogen-bond donors (Lipinski definition) is 1. The molecule has 1 aromatic carbocycles. The van der Waals surface area contributed by atoms with Gasteiger partial charge in [0.05, 0.1) is 12.3 Å². The highest BCUT2D eigenvalue weighted by Crippen LogP contribution is 2.24. The third kappa shape index (κ3) is 5.07. The highest BCUT2D eigenvalue weighted by Gasteiger charge is 2.23. The lowest BCUT2D eigenvalue weighted by molar-refractivity contribution is 0.208. The Bertz CT molecular complexity index is 786. The van der Waals surface area contributed by atoms with E-state index in [-0.39, 0.29) is 6.03 Å². The first kappa shape index (κ1) is 20.7. The second kappa shape index (κ2) is 9.95. The molecule has 1 aromatic heterocycles. The number of para-hydroxylation sites is 2. The molecular weight excluding hydrogens is 368 g/mol. The van der Waals surface area contributed by atoms with Crippen LogP contribution >= 0.6 is 0 Å². The summed E-state index contributed by atoms with van der Waals surface area (Å²) in [5.74, 6) is 2.43. The molecule has 1 aliphatic heterocycles. The van der Waals surface area contributed by atoms with Crippen molar-refractivity contribution >= 4 is 23.4 Å². The summed E-state index contributed by atoms with van der Waals surface area (Å²) in [6, 6.07) is 11.4. The molecule has 1 N–H and O–H groups in total. The van der Waals surface area contributed by atoms with Gasteiger partial charge in [0.1, 0.15) is 5.75 Å². The Morgan fingerprint density at radius 1 is 1.03 bits per heavy atom. The first-order valence-electron chi connectivity index (χ1n) is 10.3. The maximum atomic E-state index is 12.7. The molecule has 2 amide bonds. The fraction of sp³-hybridized carbons (Fsp3) is 0.476. The molecule has 0 aliphatic carbocycles. The quantitative estimate of drug-likeness (QED) is 0.773. The van der Waals surface area contributed by atoms with E-state index in [4.69, 9.17) is 4.74 Å². The molecule has 2 aromatic rings. The summed E-state index contributed by atoms with van der Waals surface area (Å²) in [6.45, 7) is 11.2. The summed E-state index contributed by atoms with van der Waals surface area (Å²) in [5.41, 5.74) is 0.694. The number of anilines is 3. The standard InChI is InChI=1S/C21H30N6O2/c1-4-25(5-2)19-11-12-20(24-23-19)26-13-15-27(16-14-26)21(28)22-17-9-7-8-10-18(17)29-6-3/h7-12H,4-6,13-16H2,1-3H3,(H,22,28). The minimum atomic E-state index is -0.111. The smallest absolute Gasteiger partial charge is 0.322 e. The van der Waals surface area contributed by atoms with Crippen molar-refractivity contribution in [2.45, 2.75) is 20.8 Å². The Kier molecular flexibility index (Phi) is 7.10. The second-order valence-electron chi connectivity index (χ2n) is 6.76. The van der Waals surface area contributed by atoms with Crippen molar-refractivity contribution in [3.05, 3.63) is 36.4 Å². The van der Waals surface area contributed by atoms with Crippen molar-refractivity contribution in [2.75, 3.05) is 61.0 Å². The van der Waals surface area contributed by atoms with Gasteiger partial charge in [-0.1, -0.05) is 12.1 Å². The second-order valence-corrected chi connectivity index (χ2v) is 6.76. The van der Waals surface area contributed by atoms with Crippen LogP contribution in [-0.2, 0) is 0 Å². The lowest BCUT2D eigenvalue weighted by atomic mass is 10.3. The highest BCUT2D eigenvalue weighted by molar-refractivity contribution is 5.91. The predicted octanol–water partition coefficient (Wildman–Crippen LogP) is 3.08. The lowest BCUT2D eigenvalue weighted by Gasteiger charge is -2.35. The molecule has 8 heteroatoms. The third-order valence-electron chi connectivity index (χ3n) is 5.04. The van der Waals surface area contributed by atoms with E-state index >= 15 is 0 Å². The Morgan fingerprint density at radius 2 is 1.76 bits per heavy atom. The van der Waals surface area contributed by atoms with Gasteiger partial charge in [-0.15, -0.1) is 10.2 Å². The van der Waals surface area contributed by atoms with Gasteiger partial charge in [0.25, 0.3) is 0 Å². The van der Waals surface area contributed by atoms with Gasteiger partial charge in [-0.25, -0.2) is 4.79 Å². The number of aromatic nitrogens is 2.